The highest BCUT2D eigenvalue weighted by Gasteiger charge is 2.24. The van der Waals surface area contributed by atoms with Gasteiger partial charge in [-0.25, -0.2) is 9.07 Å². The molecular formula is C22H22FN3O3. The van der Waals surface area contributed by atoms with Crippen molar-refractivity contribution in [1.29, 1.82) is 0 Å². The van der Waals surface area contributed by atoms with Crippen molar-refractivity contribution in [2.75, 3.05) is 13.7 Å². The number of carbonyl (C=O) groups is 2. The van der Waals surface area contributed by atoms with Gasteiger partial charge in [0.05, 0.1) is 18.7 Å². The standard InChI is InChI=1S/C22H22FN3O3/c1-16(22(28)29-2)14-25(15-17-7-4-3-5-8-17)21(27)20-11-12-26(24-20)19-10-6-9-18(23)13-19/h3-13,16H,14-15H2,1-2H3/t16-/m1/s1. The van der Waals surface area contributed by atoms with Gasteiger partial charge in [0.2, 0.25) is 0 Å². The van der Waals surface area contributed by atoms with Gasteiger partial charge in [0, 0.05) is 19.3 Å². The Morgan fingerprint density at radius 1 is 1.14 bits per heavy atom. The molecule has 1 amide bonds. The largest absolute Gasteiger partial charge is 0.469 e. The van der Waals surface area contributed by atoms with Gasteiger partial charge in [0.1, 0.15) is 5.82 Å². The lowest BCUT2D eigenvalue weighted by atomic mass is 10.1. The molecule has 0 aliphatic heterocycles. The van der Waals surface area contributed by atoms with Crippen LogP contribution in [0.1, 0.15) is 23.0 Å². The van der Waals surface area contributed by atoms with E-state index < -0.39 is 5.92 Å². The third kappa shape index (κ3) is 5.07. The van der Waals surface area contributed by atoms with E-state index in [1.54, 1.807) is 36.2 Å². The summed E-state index contributed by atoms with van der Waals surface area (Å²) in [6.45, 7) is 2.23. The van der Waals surface area contributed by atoms with Crippen molar-refractivity contribution < 1.29 is 18.7 Å². The van der Waals surface area contributed by atoms with Gasteiger partial charge in [-0.1, -0.05) is 43.3 Å². The van der Waals surface area contributed by atoms with E-state index in [1.165, 1.54) is 23.9 Å². The van der Waals surface area contributed by atoms with Crippen LogP contribution < -0.4 is 0 Å². The monoisotopic (exact) mass is 395 g/mol. The minimum Gasteiger partial charge on any atom is -0.469 e. The van der Waals surface area contributed by atoms with E-state index in [4.69, 9.17) is 4.74 Å². The van der Waals surface area contributed by atoms with E-state index in [-0.39, 0.29) is 29.9 Å². The van der Waals surface area contributed by atoms with Crippen LogP contribution in [0, 0.1) is 11.7 Å². The quantitative estimate of drug-likeness (QED) is 0.575. The Balaban J connectivity index is 1.84. The van der Waals surface area contributed by atoms with Crippen LogP contribution in [0.5, 0.6) is 0 Å². The van der Waals surface area contributed by atoms with Crippen LogP contribution in [-0.2, 0) is 16.1 Å². The molecule has 0 radical (unpaired) electrons. The molecule has 0 spiro atoms. The highest BCUT2D eigenvalue weighted by molar-refractivity contribution is 5.92. The van der Waals surface area contributed by atoms with Gasteiger partial charge in [-0.15, -0.1) is 0 Å². The van der Waals surface area contributed by atoms with Gasteiger partial charge in [0.25, 0.3) is 5.91 Å². The van der Waals surface area contributed by atoms with Crippen LogP contribution in [-0.4, -0.2) is 40.2 Å². The number of amides is 1. The second-order valence-corrected chi connectivity index (χ2v) is 6.72. The number of ether oxygens (including phenoxy) is 1. The Morgan fingerprint density at radius 3 is 2.59 bits per heavy atom. The van der Waals surface area contributed by atoms with Crippen LogP contribution >= 0.6 is 0 Å². The third-order valence-corrected chi connectivity index (χ3v) is 4.48. The topological polar surface area (TPSA) is 64.4 Å². The maximum Gasteiger partial charge on any atom is 0.310 e. The molecule has 0 bridgehead atoms. The van der Waals surface area contributed by atoms with Gasteiger partial charge >= 0.3 is 5.97 Å². The summed E-state index contributed by atoms with van der Waals surface area (Å²) in [7, 11) is 1.32. The number of hydrogen-bond acceptors (Lipinski definition) is 4. The Bertz CT molecular complexity index is 988. The molecule has 0 N–H and O–H groups in total. The number of halogens is 1. The molecule has 0 unspecified atom stereocenters. The summed E-state index contributed by atoms with van der Waals surface area (Å²) >= 11 is 0. The molecule has 29 heavy (non-hydrogen) atoms. The summed E-state index contributed by atoms with van der Waals surface area (Å²) in [5.74, 6) is -1.58. The van der Waals surface area contributed by atoms with Gasteiger partial charge < -0.3 is 9.64 Å². The van der Waals surface area contributed by atoms with Gasteiger partial charge in [-0.3, -0.25) is 9.59 Å². The van der Waals surface area contributed by atoms with Crippen LogP contribution in [0.15, 0.2) is 66.9 Å². The highest BCUT2D eigenvalue weighted by Crippen LogP contribution is 2.15. The summed E-state index contributed by atoms with van der Waals surface area (Å²) in [4.78, 5) is 26.6. The predicted molar refractivity (Wildman–Crippen MR) is 106 cm³/mol. The molecule has 1 aromatic heterocycles. The zero-order valence-electron chi connectivity index (χ0n) is 16.3. The number of benzene rings is 2. The minimum atomic E-state index is -0.488. The fourth-order valence-electron chi connectivity index (χ4n) is 2.99. The lowest BCUT2D eigenvalue weighted by Gasteiger charge is -2.24. The minimum absolute atomic E-state index is 0.188. The molecule has 3 aromatic rings. The molecule has 7 heteroatoms. The SMILES string of the molecule is COC(=O)[C@H](C)CN(Cc1ccccc1)C(=O)c1ccn(-c2cccc(F)c2)n1. The highest BCUT2D eigenvalue weighted by atomic mass is 19.1. The number of rotatable bonds is 7. The summed E-state index contributed by atoms with van der Waals surface area (Å²) in [5.41, 5.74) is 1.66. The molecule has 0 fully saturated rings. The second-order valence-electron chi connectivity index (χ2n) is 6.72. The lowest BCUT2D eigenvalue weighted by molar-refractivity contribution is -0.145. The first-order valence-electron chi connectivity index (χ1n) is 9.20. The summed E-state index contributed by atoms with van der Waals surface area (Å²) in [5, 5.41) is 4.30. The van der Waals surface area contributed by atoms with E-state index in [0.717, 1.165) is 5.56 Å². The number of aromatic nitrogens is 2. The Morgan fingerprint density at radius 2 is 1.90 bits per heavy atom. The number of carbonyl (C=O) groups excluding carboxylic acids is 2. The maximum atomic E-state index is 13.5. The number of nitrogens with zero attached hydrogens (tertiary/aromatic N) is 3. The molecule has 2 aromatic carbocycles. The second kappa shape index (κ2) is 9.14. The van der Waals surface area contributed by atoms with Crippen molar-refractivity contribution >= 4 is 11.9 Å². The van der Waals surface area contributed by atoms with E-state index >= 15 is 0 Å². The van der Waals surface area contributed by atoms with Gasteiger partial charge in [-0.05, 0) is 29.8 Å². The van der Waals surface area contributed by atoms with Crippen molar-refractivity contribution in [3.63, 3.8) is 0 Å². The molecule has 1 atom stereocenters. The Kier molecular flexibility index (Phi) is 6.39. The number of esters is 1. The lowest BCUT2D eigenvalue weighted by Crippen LogP contribution is -2.37. The molecule has 0 aliphatic rings. The first-order chi connectivity index (χ1) is 14.0. The zero-order valence-corrected chi connectivity index (χ0v) is 16.3. The van der Waals surface area contributed by atoms with E-state index in [2.05, 4.69) is 5.10 Å². The van der Waals surface area contributed by atoms with E-state index in [1.807, 2.05) is 30.3 Å². The molecular weight excluding hydrogens is 373 g/mol. The smallest absolute Gasteiger partial charge is 0.310 e. The summed E-state index contributed by atoms with van der Waals surface area (Å²) in [6.07, 6.45) is 1.60. The molecule has 6 nitrogen and oxygen atoms in total. The third-order valence-electron chi connectivity index (χ3n) is 4.48. The summed E-state index contributed by atoms with van der Waals surface area (Å²) < 4.78 is 19.7. The van der Waals surface area contributed by atoms with Crippen LogP contribution in [0.3, 0.4) is 0 Å². The molecule has 0 saturated carbocycles. The molecule has 150 valence electrons. The number of methoxy groups -OCH3 is 1. The van der Waals surface area contributed by atoms with Crippen LogP contribution in [0.4, 0.5) is 4.39 Å². The van der Waals surface area contributed by atoms with Crippen molar-refractivity contribution in [3.8, 4) is 5.69 Å². The van der Waals surface area contributed by atoms with Gasteiger partial charge in [0.15, 0.2) is 5.69 Å². The molecule has 0 aliphatic carbocycles. The average Bonchev–Trinajstić information content (AvgIpc) is 3.23. The molecule has 1 heterocycles. The summed E-state index contributed by atoms with van der Waals surface area (Å²) in [6, 6.07) is 17.0. The Hall–Kier alpha value is -3.48. The van der Waals surface area contributed by atoms with Gasteiger partial charge in [-0.2, -0.15) is 5.10 Å². The van der Waals surface area contributed by atoms with Crippen molar-refractivity contribution in [2.45, 2.75) is 13.5 Å². The number of hydrogen-bond donors (Lipinski definition) is 0. The van der Waals surface area contributed by atoms with Crippen molar-refractivity contribution in [2.24, 2.45) is 5.92 Å². The molecule has 0 saturated heterocycles. The fourth-order valence-corrected chi connectivity index (χ4v) is 2.99. The van der Waals surface area contributed by atoms with E-state index in [9.17, 15) is 14.0 Å². The fraction of sp³-hybridized carbons (Fsp3) is 0.227. The first-order valence-corrected chi connectivity index (χ1v) is 9.20. The van der Waals surface area contributed by atoms with Crippen LogP contribution in [0.2, 0.25) is 0 Å². The molecule has 3 rings (SSSR count). The van der Waals surface area contributed by atoms with Crippen molar-refractivity contribution in [1.82, 2.24) is 14.7 Å². The van der Waals surface area contributed by atoms with Crippen molar-refractivity contribution in [3.05, 3.63) is 83.9 Å². The Labute approximate surface area is 168 Å². The van der Waals surface area contributed by atoms with E-state index in [0.29, 0.717) is 12.2 Å². The van der Waals surface area contributed by atoms with Crippen LogP contribution in [0.25, 0.3) is 5.69 Å². The first kappa shape index (κ1) is 20.3. The normalized spacial score (nSPS) is 11.7. The zero-order chi connectivity index (χ0) is 20.8. The average molecular weight is 395 g/mol. The predicted octanol–water partition coefficient (Wildman–Crippen LogP) is 3.46. The maximum absolute atomic E-state index is 13.5.